The van der Waals surface area contributed by atoms with Crippen LogP contribution < -0.4 is 10.5 Å². The summed E-state index contributed by atoms with van der Waals surface area (Å²) in [6.07, 6.45) is 6.65. The minimum absolute atomic E-state index is 0.453. The Labute approximate surface area is 119 Å². The fraction of sp³-hybridized carbons (Fsp3) is 0.562. The molecule has 1 aliphatic carbocycles. The molecule has 1 atom stereocenters. The van der Waals surface area contributed by atoms with E-state index in [-0.39, 0.29) is 0 Å². The van der Waals surface area contributed by atoms with Gasteiger partial charge in [0.05, 0.1) is 18.7 Å². The fourth-order valence-corrected chi connectivity index (χ4v) is 3.16. The topological polar surface area (TPSA) is 72.5 Å². The molecule has 20 heavy (non-hydrogen) atoms. The van der Waals surface area contributed by atoms with Crippen molar-refractivity contribution >= 4 is 11.7 Å². The molecule has 1 aromatic rings. The van der Waals surface area contributed by atoms with Crippen LogP contribution in [-0.4, -0.2) is 18.2 Å². The van der Waals surface area contributed by atoms with Crippen molar-refractivity contribution in [3.05, 3.63) is 23.8 Å². The van der Waals surface area contributed by atoms with Crippen molar-refractivity contribution in [2.45, 2.75) is 44.4 Å². The lowest BCUT2D eigenvalue weighted by molar-refractivity contribution is -0.139. The third-order valence-corrected chi connectivity index (χ3v) is 4.33. The monoisotopic (exact) mass is 277 g/mol. The van der Waals surface area contributed by atoms with Gasteiger partial charge in [-0.25, -0.2) is 0 Å². The number of ether oxygens (including phenoxy) is 1. The minimum atomic E-state index is -0.803. The molecule has 0 spiro atoms. The molecule has 1 fully saturated rings. The summed E-state index contributed by atoms with van der Waals surface area (Å²) in [5.74, 6) is -0.105. The number of carboxylic acid groups (broad SMARTS) is 1. The van der Waals surface area contributed by atoms with E-state index in [0.717, 1.165) is 6.42 Å². The molecule has 4 nitrogen and oxygen atoms in total. The first-order chi connectivity index (χ1) is 9.63. The van der Waals surface area contributed by atoms with Crippen molar-refractivity contribution in [2.24, 2.45) is 5.92 Å². The van der Waals surface area contributed by atoms with E-state index in [2.05, 4.69) is 0 Å². The molecule has 1 aromatic carbocycles. The number of hydrogen-bond donors (Lipinski definition) is 2. The molecule has 0 radical (unpaired) electrons. The molecule has 0 aliphatic heterocycles. The van der Waals surface area contributed by atoms with Crippen LogP contribution in [0.15, 0.2) is 18.2 Å². The Morgan fingerprint density at radius 2 is 2.15 bits per heavy atom. The van der Waals surface area contributed by atoms with Crippen LogP contribution >= 0.6 is 0 Å². The summed E-state index contributed by atoms with van der Waals surface area (Å²) >= 11 is 0. The van der Waals surface area contributed by atoms with Gasteiger partial charge < -0.3 is 15.6 Å². The number of carbonyl (C=O) groups is 1. The Balaban J connectivity index is 2.13. The van der Waals surface area contributed by atoms with Gasteiger partial charge in [-0.15, -0.1) is 0 Å². The number of benzene rings is 1. The van der Waals surface area contributed by atoms with Crippen LogP contribution in [0.4, 0.5) is 5.69 Å². The largest absolute Gasteiger partial charge is 0.495 e. The summed E-state index contributed by atoms with van der Waals surface area (Å²) < 4.78 is 5.18. The highest BCUT2D eigenvalue weighted by Crippen LogP contribution is 2.36. The lowest BCUT2D eigenvalue weighted by Gasteiger charge is -2.18. The van der Waals surface area contributed by atoms with Crippen molar-refractivity contribution in [3.63, 3.8) is 0 Å². The van der Waals surface area contributed by atoms with Gasteiger partial charge in [-0.05, 0) is 30.4 Å². The van der Waals surface area contributed by atoms with E-state index >= 15 is 0 Å². The Kier molecular flexibility index (Phi) is 4.88. The lowest BCUT2D eigenvalue weighted by Crippen LogP contribution is -2.15. The first kappa shape index (κ1) is 14.7. The third kappa shape index (κ3) is 3.24. The van der Waals surface area contributed by atoms with Gasteiger partial charge in [0.1, 0.15) is 5.75 Å². The van der Waals surface area contributed by atoms with Gasteiger partial charge in [0.25, 0.3) is 0 Å². The summed E-state index contributed by atoms with van der Waals surface area (Å²) in [6.45, 7) is 0. The molecule has 4 heteroatoms. The molecular formula is C16H23NO3. The molecule has 0 aromatic heterocycles. The number of methoxy groups -OCH3 is 1. The molecule has 1 aliphatic rings. The van der Waals surface area contributed by atoms with Gasteiger partial charge >= 0.3 is 5.97 Å². The zero-order valence-corrected chi connectivity index (χ0v) is 12.0. The first-order valence-corrected chi connectivity index (χ1v) is 7.28. The van der Waals surface area contributed by atoms with Gasteiger partial charge in [0.15, 0.2) is 0 Å². The van der Waals surface area contributed by atoms with Crippen LogP contribution in [0.25, 0.3) is 0 Å². The van der Waals surface area contributed by atoms with Crippen molar-refractivity contribution in [1.82, 2.24) is 0 Å². The SMILES string of the molecule is COc1cccc(C(CCC2CCCC2)C(=O)O)c1N. The van der Waals surface area contributed by atoms with Crippen molar-refractivity contribution in [3.8, 4) is 5.75 Å². The van der Waals surface area contributed by atoms with Gasteiger partial charge in [0.2, 0.25) is 0 Å². The Morgan fingerprint density at radius 3 is 2.75 bits per heavy atom. The number of aliphatic carboxylic acids is 1. The lowest BCUT2D eigenvalue weighted by atomic mass is 9.88. The van der Waals surface area contributed by atoms with E-state index < -0.39 is 11.9 Å². The molecule has 1 unspecified atom stereocenters. The van der Waals surface area contributed by atoms with Crippen LogP contribution in [0.1, 0.15) is 50.0 Å². The maximum Gasteiger partial charge on any atom is 0.311 e. The molecule has 0 saturated heterocycles. The summed E-state index contributed by atoms with van der Waals surface area (Å²) in [5, 5.41) is 9.49. The highest BCUT2D eigenvalue weighted by molar-refractivity contribution is 5.79. The van der Waals surface area contributed by atoms with Crippen LogP contribution in [0, 0.1) is 5.92 Å². The number of carboxylic acids is 1. The van der Waals surface area contributed by atoms with Crippen LogP contribution in [0.3, 0.4) is 0 Å². The average molecular weight is 277 g/mol. The molecule has 0 bridgehead atoms. The zero-order valence-electron chi connectivity index (χ0n) is 12.0. The fourth-order valence-electron chi connectivity index (χ4n) is 3.16. The molecule has 0 heterocycles. The summed E-state index contributed by atoms with van der Waals surface area (Å²) in [4.78, 5) is 11.6. The minimum Gasteiger partial charge on any atom is -0.495 e. The number of nitrogens with two attached hydrogens (primary N) is 1. The second kappa shape index (κ2) is 6.64. The van der Waals surface area contributed by atoms with E-state index in [9.17, 15) is 9.90 Å². The van der Waals surface area contributed by atoms with Gasteiger partial charge in [0, 0.05) is 0 Å². The maximum absolute atomic E-state index is 11.6. The second-order valence-electron chi connectivity index (χ2n) is 5.58. The number of para-hydroxylation sites is 1. The molecule has 3 N–H and O–H groups in total. The molecule has 0 amide bonds. The Bertz CT molecular complexity index is 467. The molecular weight excluding hydrogens is 254 g/mol. The standard InChI is InChI=1S/C16H23NO3/c1-20-14-8-4-7-12(15(14)17)13(16(18)19)10-9-11-5-2-3-6-11/h4,7-8,11,13H,2-3,5-6,9-10,17H2,1H3,(H,18,19). The predicted molar refractivity (Wildman–Crippen MR) is 79.0 cm³/mol. The number of rotatable bonds is 6. The molecule has 110 valence electrons. The normalized spacial score (nSPS) is 17.1. The van der Waals surface area contributed by atoms with Crippen LogP contribution in [0.2, 0.25) is 0 Å². The molecule has 1 saturated carbocycles. The van der Waals surface area contributed by atoms with E-state index in [1.54, 1.807) is 25.3 Å². The summed E-state index contributed by atoms with van der Waals surface area (Å²) in [7, 11) is 1.55. The smallest absolute Gasteiger partial charge is 0.311 e. The Morgan fingerprint density at radius 1 is 1.45 bits per heavy atom. The van der Waals surface area contributed by atoms with E-state index in [0.29, 0.717) is 29.3 Å². The summed E-state index contributed by atoms with van der Waals surface area (Å²) in [5.41, 5.74) is 7.16. The van der Waals surface area contributed by atoms with Gasteiger partial charge in [-0.1, -0.05) is 37.8 Å². The van der Waals surface area contributed by atoms with Crippen LogP contribution in [-0.2, 0) is 4.79 Å². The number of hydrogen-bond acceptors (Lipinski definition) is 3. The van der Waals surface area contributed by atoms with Gasteiger partial charge in [-0.3, -0.25) is 4.79 Å². The first-order valence-electron chi connectivity index (χ1n) is 7.28. The zero-order chi connectivity index (χ0) is 14.5. The number of anilines is 1. The van der Waals surface area contributed by atoms with Crippen molar-refractivity contribution < 1.29 is 14.6 Å². The predicted octanol–water partition coefficient (Wildman–Crippen LogP) is 3.42. The van der Waals surface area contributed by atoms with Crippen molar-refractivity contribution in [1.29, 1.82) is 0 Å². The second-order valence-corrected chi connectivity index (χ2v) is 5.58. The average Bonchev–Trinajstić information content (AvgIpc) is 2.93. The Hall–Kier alpha value is -1.71. The third-order valence-electron chi connectivity index (χ3n) is 4.33. The molecule has 2 rings (SSSR count). The highest BCUT2D eigenvalue weighted by atomic mass is 16.5. The van der Waals surface area contributed by atoms with Gasteiger partial charge in [-0.2, -0.15) is 0 Å². The number of nitrogen functional groups attached to an aromatic ring is 1. The highest BCUT2D eigenvalue weighted by Gasteiger charge is 2.25. The van der Waals surface area contributed by atoms with E-state index in [1.165, 1.54) is 25.7 Å². The quantitative estimate of drug-likeness (QED) is 0.781. The van der Waals surface area contributed by atoms with Crippen LogP contribution in [0.5, 0.6) is 5.75 Å². The maximum atomic E-state index is 11.6. The summed E-state index contributed by atoms with van der Waals surface area (Å²) in [6, 6.07) is 5.36. The van der Waals surface area contributed by atoms with E-state index in [1.807, 2.05) is 0 Å². The van der Waals surface area contributed by atoms with Crippen molar-refractivity contribution in [2.75, 3.05) is 12.8 Å². The van der Waals surface area contributed by atoms with E-state index in [4.69, 9.17) is 10.5 Å².